The first-order chi connectivity index (χ1) is 6.32. The fraction of sp³-hybridized carbons (Fsp3) is 0.909. The second-order valence-electron chi connectivity index (χ2n) is 5.10. The third kappa shape index (κ3) is 2.47. The molecule has 0 saturated carbocycles. The van der Waals surface area contributed by atoms with E-state index in [9.17, 15) is 9.90 Å². The molecule has 1 saturated heterocycles. The highest BCUT2D eigenvalue weighted by Gasteiger charge is 2.34. The van der Waals surface area contributed by atoms with Crippen molar-refractivity contribution in [2.75, 3.05) is 13.1 Å². The summed E-state index contributed by atoms with van der Waals surface area (Å²) >= 11 is 0. The van der Waals surface area contributed by atoms with Gasteiger partial charge in [0, 0.05) is 13.1 Å². The molecule has 1 heterocycles. The maximum Gasteiger partial charge on any atom is 0.253 e. The van der Waals surface area contributed by atoms with Gasteiger partial charge in [0.2, 0.25) is 0 Å². The Labute approximate surface area is 86.1 Å². The molecule has 3 heteroatoms. The number of carbonyl (C=O) groups is 1. The van der Waals surface area contributed by atoms with E-state index in [1.54, 1.807) is 18.7 Å². The van der Waals surface area contributed by atoms with Gasteiger partial charge in [0.1, 0.15) is 5.60 Å². The van der Waals surface area contributed by atoms with Gasteiger partial charge in [-0.2, -0.15) is 0 Å². The molecule has 0 aromatic carbocycles. The van der Waals surface area contributed by atoms with Crippen LogP contribution in [-0.4, -0.2) is 34.6 Å². The van der Waals surface area contributed by atoms with Gasteiger partial charge < -0.3 is 10.0 Å². The lowest BCUT2D eigenvalue weighted by Crippen LogP contribution is -2.44. The number of nitrogens with zero attached hydrogens (tertiary/aromatic N) is 1. The number of carbonyl (C=O) groups excluding carboxylic acids is 1. The predicted octanol–water partition coefficient (Wildman–Crippen LogP) is 1.26. The molecule has 1 atom stereocenters. The summed E-state index contributed by atoms with van der Waals surface area (Å²) in [5, 5.41) is 9.58. The fourth-order valence-electron chi connectivity index (χ4n) is 1.90. The Hall–Kier alpha value is -0.570. The van der Waals surface area contributed by atoms with E-state index in [-0.39, 0.29) is 5.91 Å². The largest absolute Gasteiger partial charge is 0.381 e. The molecule has 3 nitrogen and oxygen atoms in total. The Morgan fingerprint density at radius 1 is 1.50 bits per heavy atom. The van der Waals surface area contributed by atoms with E-state index in [1.807, 2.05) is 0 Å². The molecular weight excluding hydrogens is 178 g/mol. The van der Waals surface area contributed by atoms with Gasteiger partial charge in [-0.05, 0) is 32.1 Å². The van der Waals surface area contributed by atoms with E-state index < -0.39 is 5.60 Å². The molecule has 0 radical (unpaired) electrons. The average molecular weight is 199 g/mol. The quantitative estimate of drug-likeness (QED) is 0.727. The van der Waals surface area contributed by atoms with Crippen molar-refractivity contribution >= 4 is 5.91 Å². The molecule has 0 aromatic heterocycles. The van der Waals surface area contributed by atoms with Crippen LogP contribution in [0, 0.1) is 11.8 Å². The molecule has 1 rings (SSSR count). The van der Waals surface area contributed by atoms with Gasteiger partial charge >= 0.3 is 0 Å². The zero-order valence-electron chi connectivity index (χ0n) is 9.58. The number of rotatable bonds is 2. The summed E-state index contributed by atoms with van der Waals surface area (Å²) in [5.74, 6) is 1.08. The number of amides is 1. The van der Waals surface area contributed by atoms with Crippen molar-refractivity contribution in [1.29, 1.82) is 0 Å². The van der Waals surface area contributed by atoms with Crippen LogP contribution in [0.25, 0.3) is 0 Å². The van der Waals surface area contributed by atoms with Crippen molar-refractivity contribution in [2.24, 2.45) is 11.8 Å². The van der Waals surface area contributed by atoms with Crippen molar-refractivity contribution in [3.05, 3.63) is 0 Å². The summed E-state index contributed by atoms with van der Waals surface area (Å²) in [5.41, 5.74) is -1.22. The molecule has 1 amide bonds. The van der Waals surface area contributed by atoms with E-state index in [4.69, 9.17) is 0 Å². The van der Waals surface area contributed by atoms with Crippen molar-refractivity contribution < 1.29 is 9.90 Å². The molecule has 82 valence electrons. The molecule has 1 fully saturated rings. The minimum Gasteiger partial charge on any atom is -0.381 e. The minimum absolute atomic E-state index is 0.138. The number of hydrogen-bond donors (Lipinski definition) is 1. The lowest BCUT2D eigenvalue weighted by Gasteiger charge is -2.25. The van der Waals surface area contributed by atoms with Crippen LogP contribution in [0.3, 0.4) is 0 Å². The highest BCUT2D eigenvalue weighted by Crippen LogP contribution is 2.25. The summed E-state index contributed by atoms with van der Waals surface area (Å²) in [6.07, 6.45) is 1.07. The van der Waals surface area contributed by atoms with Gasteiger partial charge in [0.25, 0.3) is 5.91 Å². The van der Waals surface area contributed by atoms with Crippen LogP contribution in [-0.2, 0) is 4.79 Å². The molecule has 1 aliphatic heterocycles. The molecule has 0 bridgehead atoms. The maximum absolute atomic E-state index is 11.7. The van der Waals surface area contributed by atoms with Crippen LogP contribution in [0.1, 0.15) is 34.1 Å². The van der Waals surface area contributed by atoms with Gasteiger partial charge in [-0.15, -0.1) is 0 Å². The van der Waals surface area contributed by atoms with Crippen molar-refractivity contribution in [3.63, 3.8) is 0 Å². The Bertz CT molecular complexity index is 218. The van der Waals surface area contributed by atoms with Gasteiger partial charge in [-0.25, -0.2) is 0 Å². The van der Waals surface area contributed by atoms with Crippen LogP contribution in [0.2, 0.25) is 0 Å². The zero-order chi connectivity index (χ0) is 10.9. The van der Waals surface area contributed by atoms with Crippen molar-refractivity contribution in [3.8, 4) is 0 Å². The monoisotopic (exact) mass is 199 g/mol. The van der Waals surface area contributed by atoms with Gasteiger partial charge in [0.15, 0.2) is 0 Å². The maximum atomic E-state index is 11.7. The van der Waals surface area contributed by atoms with Crippen molar-refractivity contribution in [2.45, 2.75) is 39.7 Å². The van der Waals surface area contributed by atoms with E-state index in [0.717, 1.165) is 19.5 Å². The van der Waals surface area contributed by atoms with Crippen LogP contribution in [0.4, 0.5) is 0 Å². The zero-order valence-corrected chi connectivity index (χ0v) is 9.58. The van der Waals surface area contributed by atoms with Gasteiger partial charge in [0.05, 0.1) is 0 Å². The third-order valence-electron chi connectivity index (χ3n) is 2.98. The smallest absolute Gasteiger partial charge is 0.253 e. The molecule has 0 spiro atoms. The molecular formula is C11H21NO2. The summed E-state index contributed by atoms with van der Waals surface area (Å²) in [6, 6.07) is 0. The van der Waals surface area contributed by atoms with Crippen molar-refractivity contribution in [1.82, 2.24) is 4.90 Å². The number of aliphatic hydroxyl groups is 1. The van der Waals surface area contributed by atoms with E-state index in [1.165, 1.54) is 0 Å². The molecule has 0 aromatic rings. The fourth-order valence-corrected chi connectivity index (χ4v) is 1.90. The first-order valence-electron chi connectivity index (χ1n) is 5.34. The second-order valence-corrected chi connectivity index (χ2v) is 5.10. The predicted molar refractivity (Wildman–Crippen MR) is 55.8 cm³/mol. The van der Waals surface area contributed by atoms with Crippen LogP contribution in [0.15, 0.2) is 0 Å². The minimum atomic E-state index is -1.22. The number of hydrogen-bond acceptors (Lipinski definition) is 2. The standard InChI is InChI=1S/C11H21NO2/c1-8(2)9-5-6-12(7-9)10(13)11(3,4)14/h8-9,14H,5-7H2,1-4H3. The van der Waals surface area contributed by atoms with Crippen LogP contribution in [0.5, 0.6) is 0 Å². The first-order valence-corrected chi connectivity index (χ1v) is 5.34. The Kier molecular flexibility index (Phi) is 3.20. The number of likely N-dealkylation sites (tertiary alicyclic amines) is 1. The summed E-state index contributed by atoms with van der Waals surface area (Å²) in [4.78, 5) is 13.5. The third-order valence-corrected chi connectivity index (χ3v) is 2.98. The molecule has 1 aliphatic rings. The summed E-state index contributed by atoms with van der Waals surface area (Å²) in [7, 11) is 0. The van der Waals surface area contributed by atoms with E-state index in [0.29, 0.717) is 11.8 Å². The summed E-state index contributed by atoms with van der Waals surface area (Å²) < 4.78 is 0. The van der Waals surface area contributed by atoms with E-state index >= 15 is 0 Å². The first kappa shape index (κ1) is 11.5. The molecule has 14 heavy (non-hydrogen) atoms. The molecule has 1 N–H and O–H groups in total. The molecule has 0 aliphatic carbocycles. The lowest BCUT2D eigenvalue weighted by molar-refractivity contribution is -0.146. The second kappa shape index (κ2) is 3.89. The highest BCUT2D eigenvalue weighted by molar-refractivity contribution is 5.84. The Morgan fingerprint density at radius 3 is 2.43 bits per heavy atom. The van der Waals surface area contributed by atoms with Gasteiger partial charge in [-0.3, -0.25) is 4.79 Å². The Balaban J connectivity index is 2.54. The SMILES string of the molecule is CC(C)C1CCN(C(=O)C(C)(C)O)C1. The van der Waals surface area contributed by atoms with Gasteiger partial charge in [-0.1, -0.05) is 13.8 Å². The van der Waals surface area contributed by atoms with Crippen LogP contribution >= 0.6 is 0 Å². The highest BCUT2D eigenvalue weighted by atomic mass is 16.3. The van der Waals surface area contributed by atoms with Crippen LogP contribution < -0.4 is 0 Å². The topological polar surface area (TPSA) is 40.5 Å². The Morgan fingerprint density at radius 2 is 2.07 bits per heavy atom. The van der Waals surface area contributed by atoms with E-state index in [2.05, 4.69) is 13.8 Å². The normalized spacial score (nSPS) is 23.3. The average Bonchev–Trinajstić information content (AvgIpc) is 2.48. The lowest BCUT2D eigenvalue weighted by atomic mass is 9.95. The summed E-state index contributed by atoms with van der Waals surface area (Å²) in [6.45, 7) is 9.08. The molecule has 1 unspecified atom stereocenters.